The normalized spacial score (nSPS) is 16.4. The summed E-state index contributed by atoms with van der Waals surface area (Å²) in [6, 6.07) is 0. The Kier molecular flexibility index (Phi) is 4.09. The van der Waals surface area contributed by atoms with Gasteiger partial charge in [0.1, 0.15) is 0 Å². The maximum Gasteiger partial charge on any atom is 0.233 e. The van der Waals surface area contributed by atoms with Crippen LogP contribution in [0.5, 0.6) is 0 Å². The van der Waals surface area contributed by atoms with Gasteiger partial charge >= 0.3 is 0 Å². The third kappa shape index (κ3) is 3.06. The second-order valence-electron chi connectivity index (χ2n) is 4.25. The van der Waals surface area contributed by atoms with E-state index in [4.69, 9.17) is 0 Å². The van der Waals surface area contributed by atoms with Crippen molar-refractivity contribution in [1.82, 2.24) is 25.1 Å². The van der Waals surface area contributed by atoms with E-state index in [0.717, 1.165) is 0 Å². The Labute approximate surface area is 115 Å². The highest BCUT2D eigenvalue weighted by atomic mass is 32.2. The van der Waals surface area contributed by atoms with E-state index in [1.54, 1.807) is 18.9 Å². The first-order valence-electron chi connectivity index (χ1n) is 5.78. The molecule has 0 radical (unpaired) electrons. The summed E-state index contributed by atoms with van der Waals surface area (Å²) >= 11 is 1.24. The quantitative estimate of drug-likeness (QED) is 0.640. The molecule has 0 N–H and O–H groups in total. The van der Waals surface area contributed by atoms with Crippen molar-refractivity contribution in [3.63, 3.8) is 0 Å². The molecule has 1 aromatic rings. The van der Waals surface area contributed by atoms with E-state index in [-0.39, 0.29) is 17.4 Å². The molecule has 0 spiro atoms. The van der Waals surface area contributed by atoms with Crippen molar-refractivity contribution in [1.29, 1.82) is 0 Å². The number of amides is 1. The van der Waals surface area contributed by atoms with E-state index in [1.807, 2.05) is 0 Å². The number of nitrogens with zero attached hydrogens (tertiary/aromatic N) is 5. The van der Waals surface area contributed by atoms with Gasteiger partial charge in [-0.05, 0) is 10.4 Å². The van der Waals surface area contributed by atoms with Crippen molar-refractivity contribution < 1.29 is 13.2 Å². The lowest BCUT2D eigenvalue weighted by molar-refractivity contribution is -0.131. The standard InChI is InChI=1S/C9H15N5O3S2/c1-3-19(16,17)7-4-14(5-7)8(15)6-18-9-10-11-12-13(9)2/h7H,3-6H2,1-2H3. The van der Waals surface area contributed by atoms with E-state index in [0.29, 0.717) is 18.2 Å². The second-order valence-corrected chi connectivity index (χ2v) is 7.76. The first-order valence-corrected chi connectivity index (χ1v) is 8.48. The highest BCUT2D eigenvalue weighted by Crippen LogP contribution is 2.20. The van der Waals surface area contributed by atoms with Crippen LogP contribution in [0.25, 0.3) is 0 Å². The Morgan fingerprint density at radius 1 is 1.47 bits per heavy atom. The van der Waals surface area contributed by atoms with Crippen LogP contribution in [0.2, 0.25) is 0 Å². The molecule has 1 saturated heterocycles. The van der Waals surface area contributed by atoms with Gasteiger partial charge in [0.25, 0.3) is 0 Å². The molecule has 1 aliphatic rings. The van der Waals surface area contributed by atoms with Crippen molar-refractivity contribution in [3.8, 4) is 0 Å². The van der Waals surface area contributed by atoms with Gasteiger partial charge in [-0.1, -0.05) is 18.7 Å². The van der Waals surface area contributed by atoms with E-state index in [9.17, 15) is 13.2 Å². The molecule has 0 aliphatic carbocycles. The summed E-state index contributed by atoms with van der Waals surface area (Å²) < 4.78 is 24.6. The number of thioether (sulfide) groups is 1. The number of rotatable bonds is 5. The molecule has 1 amide bonds. The van der Waals surface area contributed by atoms with Crippen molar-refractivity contribution in [3.05, 3.63) is 0 Å². The monoisotopic (exact) mass is 305 g/mol. The fraction of sp³-hybridized carbons (Fsp3) is 0.778. The number of aromatic nitrogens is 4. The third-order valence-corrected chi connectivity index (χ3v) is 6.13. The van der Waals surface area contributed by atoms with Gasteiger partial charge in [0.15, 0.2) is 9.84 Å². The Balaban J connectivity index is 1.80. The lowest BCUT2D eigenvalue weighted by atomic mass is 10.2. The molecule has 2 rings (SSSR count). The van der Waals surface area contributed by atoms with Crippen LogP contribution >= 0.6 is 11.8 Å². The van der Waals surface area contributed by atoms with Crippen LogP contribution in [-0.2, 0) is 21.7 Å². The van der Waals surface area contributed by atoms with E-state index < -0.39 is 15.1 Å². The van der Waals surface area contributed by atoms with E-state index >= 15 is 0 Å². The molecule has 0 atom stereocenters. The predicted octanol–water partition coefficient (Wildman–Crippen LogP) is -1.05. The first kappa shape index (κ1) is 14.3. The summed E-state index contributed by atoms with van der Waals surface area (Å²) in [4.78, 5) is 13.4. The minimum absolute atomic E-state index is 0.0875. The van der Waals surface area contributed by atoms with Gasteiger partial charge in [-0.25, -0.2) is 13.1 Å². The molecule has 2 heterocycles. The van der Waals surface area contributed by atoms with Crippen molar-refractivity contribution >= 4 is 27.5 Å². The molecule has 0 aromatic carbocycles. The van der Waals surface area contributed by atoms with Gasteiger partial charge in [0.2, 0.25) is 11.1 Å². The molecule has 0 bridgehead atoms. The number of carbonyl (C=O) groups excluding carboxylic acids is 1. The number of hydrogen-bond acceptors (Lipinski definition) is 7. The first-order chi connectivity index (χ1) is 8.94. The van der Waals surface area contributed by atoms with Crippen LogP contribution in [0.4, 0.5) is 0 Å². The average molecular weight is 305 g/mol. The summed E-state index contributed by atoms with van der Waals surface area (Å²) in [6.07, 6.45) is 0. The minimum atomic E-state index is -3.03. The van der Waals surface area contributed by atoms with Crippen molar-refractivity contribution in [2.45, 2.75) is 17.3 Å². The molecule has 1 aromatic heterocycles. The zero-order valence-electron chi connectivity index (χ0n) is 10.7. The molecule has 1 fully saturated rings. The molecule has 106 valence electrons. The second kappa shape index (κ2) is 5.45. The molecule has 10 heteroatoms. The predicted molar refractivity (Wildman–Crippen MR) is 69.4 cm³/mol. The van der Waals surface area contributed by atoms with Gasteiger partial charge < -0.3 is 4.90 Å². The number of tetrazole rings is 1. The van der Waals surface area contributed by atoms with Crippen LogP contribution in [0.1, 0.15) is 6.92 Å². The summed E-state index contributed by atoms with van der Waals surface area (Å²) in [7, 11) is -1.34. The third-order valence-electron chi connectivity index (χ3n) is 3.02. The van der Waals surface area contributed by atoms with E-state index in [1.165, 1.54) is 16.4 Å². The van der Waals surface area contributed by atoms with Crippen molar-refractivity contribution in [2.24, 2.45) is 7.05 Å². The Hall–Kier alpha value is -1.16. The molecule has 19 heavy (non-hydrogen) atoms. The Morgan fingerprint density at radius 3 is 2.68 bits per heavy atom. The lowest BCUT2D eigenvalue weighted by Gasteiger charge is -2.38. The SMILES string of the molecule is CCS(=O)(=O)C1CN(C(=O)CSc2nnnn2C)C1. The molecular weight excluding hydrogens is 290 g/mol. The molecule has 0 saturated carbocycles. The number of carbonyl (C=O) groups is 1. The highest BCUT2D eigenvalue weighted by Gasteiger charge is 2.38. The molecular formula is C9H15N5O3S2. The zero-order valence-corrected chi connectivity index (χ0v) is 12.3. The summed E-state index contributed by atoms with van der Waals surface area (Å²) in [5, 5.41) is 11.0. The molecule has 1 aliphatic heterocycles. The smallest absolute Gasteiger partial charge is 0.233 e. The number of aryl methyl sites for hydroxylation is 1. The van der Waals surface area contributed by atoms with Crippen LogP contribution in [0, 0.1) is 0 Å². The van der Waals surface area contributed by atoms with Gasteiger partial charge in [-0.3, -0.25) is 4.79 Å². The van der Waals surface area contributed by atoms with Crippen LogP contribution < -0.4 is 0 Å². The Bertz CT molecular complexity index is 564. The summed E-state index contributed by atoms with van der Waals surface area (Å²) in [6.45, 7) is 2.22. The van der Waals surface area contributed by atoms with Gasteiger partial charge in [0, 0.05) is 25.9 Å². The van der Waals surface area contributed by atoms with Gasteiger partial charge in [-0.2, -0.15) is 0 Å². The Morgan fingerprint density at radius 2 is 2.16 bits per heavy atom. The number of hydrogen-bond donors (Lipinski definition) is 0. The zero-order chi connectivity index (χ0) is 14.0. The fourth-order valence-electron chi connectivity index (χ4n) is 1.67. The van der Waals surface area contributed by atoms with E-state index in [2.05, 4.69) is 15.5 Å². The topological polar surface area (TPSA) is 98.1 Å². The molecule has 8 nitrogen and oxygen atoms in total. The summed E-state index contributed by atoms with van der Waals surface area (Å²) in [5.74, 6) is 0.252. The number of likely N-dealkylation sites (tertiary alicyclic amines) is 1. The molecule has 0 unspecified atom stereocenters. The fourth-order valence-corrected chi connectivity index (χ4v) is 3.70. The average Bonchev–Trinajstić information content (AvgIpc) is 2.70. The maximum absolute atomic E-state index is 11.8. The van der Waals surface area contributed by atoms with Crippen molar-refractivity contribution in [2.75, 3.05) is 24.6 Å². The number of sulfone groups is 1. The largest absolute Gasteiger partial charge is 0.339 e. The minimum Gasteiger partial charge on any atom is -0.339 e. The van der Waals surface area contributed by atoms with Gasteiger partial charge in [-0.15, -0.1) is 5.10 Å². The lowest BCUT2D eigenvalue weighted by Crippen LogP contribution is -2.57. The van der Waals surface area contributed by atoms with Crippen LogP contribution in [0.15, 0.2) is 5.16 Å². The highest BCUT2D eigenvalue weighted by molar-refractivity contribution is 7.99. The summed E-state index contributed by atoms with van der Waals surface area (Å²) in [5.41, 5.74) is 0. The van der Waals surface area contributed by atoms with Gasteiger partial charge in [0.05, 0.1) is 11.0 Å². The van der Waals surface area contributed by atoms with Crippen LogP contribution in [-0.4, -0.2) is 69.3 Å². The maximum atomic E-state index is 11.8. The van der Waals surface area contributed by atoms with Crippen LogP contribution in [0.3, 0.4) is 0 Å².